The van der Waals surface area contributed by atoms with Gasteiger partial charge in [-0.25, -0.2) is 0 Å². The molecule has 0 saturated heterocycles. The second-order valence-electron chi connectivity index (χ2n) is 4.52. The van der Waals surface area contributed by atoms with Gasteiger partial charge in [-0.3, -0.25) is 4.79 Å². The highest BCUT2D eigenvalue weighted by atomic mass is 16.5. The van der Waals surface area contributed by atoms with Crippen LogP contribution in [0.1, 0.15) is 26.3 Å². The van der Waals surface area contributed by atoms with Crippen molar-refractivity contribution in [2.75, 3.05) is 25.2 Å². The maximum absolute atomic E-state index is 11.7. The minimum Gasteiger partial charge on any atom is -0.497 e. The van der Waals surface area contributed by atoms with E-state index in [1.54, 1.807) is 32.2 Å². The molecular formula is C15H20N2O3. The van der Waals surface area contributed by atoms with Crippen LogP contribution in [-0.2, 0) is 9.53 Å². The van der Waals surface area contributed by atoms with Gasteiger partial charge >= 0.3 is 5.97 Å². The minimum atomic E-state index is -0.312. The molecule has 1 aromatic rings. The maximum Gasteiger partial charge on any atom is 0.325 e. The normalized spacial score (nSPS) is 10.0. The van der Waals surface area contributed by atoms with Crippen molar-refractivity contribution in [2.45, 2.75) is 26.8 Å². The summed E-state index contributed by atoms with van der Waals surface area (Å²) in [5, 5.41) is 9.22. The first kappa shape index (κ1) is 15.8. The van der Waals surface area contributed by atoms with E-state index in [0.717, 1.165) is 0 Å². The van der Waals surface area contributed by atoms with E-state index >= 15 is 0 Å². The Kier molecular flexibility index (Phi) is 5.85. The largest absolute Gasteiger partial charge is 0.497 e. The van der Waals surface area contributed by atoms with E-state index in [-0.39, 0.29) is 18.6 Å². The average Bonchev–Trinajstić information content (AvgIpc) is 2.44. The first-order valence-electron chi connectivity index (χ1n) is 6.53. The monoisotopic (exact) mass is 276 g/mol. The maximum atomic E-state index is 11.7. The van der Waals surface area contributed by atoms with Crippen LogP contribution in [0.2, 0.25) is 0 Å². The molecule has 0 unspecified atom stereocenters. The van der Waals surface area contributed by atoms with Gasteiger partial charge in [0.2, 0.25) is 0 Å². The lowest BCUT2D eigenvalue weighted by atomic mass is 10.1. The number of hydrogen-bond acceptors (Lipinski definition) is 5. The lowest BCUT2D eigenvalue weighted by Crippen LogP contribution is -2.37. The van der Waals surface area contributed by atoms with E-state index < -0.39 is 0 Å². The predicted molar refractivity (Wildman–Crippen MR) is 76.8 cm³/mol. The van der Waals surface area contributed by atoms with Crippen molar-refractivity contribution in [3.63, 3.8) is 0 Å². The number of nitriles is 1. The number of esters is 1. The molecular weight excluding hydrogens is 256 g/mol. The van der Waals surface area contributed by atoms with Crippen molar-refractivity contribution in [3.8, 4) is 11.8 Å². The molecule has 0 aliphatic rings. The lowest BCUT2D eigenvalue weighted by molar-refractivity contribution is -0.141. The Balaban J connectivity index is 3.13. The molecule has 0 aliphatic heterocycles. The molecule has 0 aliphatic carbocycles. The fraction of sp³-hybridized carbons (Fsp3) is 0.467. The van der Waals surface area contributed by atoms with Crippen molar-refractivity contribution in [3.05, 3.63) is 23.8 Å². The number of rotatable bonds is 6. The van der Waals surface area contributed by atoms with Crippen LogP contribution in [0, 0.1) is 11.3 Å². The van der Waals surface area contributed by atoms with E-state index in [1.807, 2.05) is 18.7 Å². The Morgan fingerprint density at radius 1 is 1.45 bits per heavy atom. The van der Waals surface area contributed by atoms with Gasteiger partial charge in [0.1, 0.15) is 18.4 Å². The summed E-state index contributed by atoms with van der Waals surface area (Å²) in [6.45, 7) is 6.13. The molecule has 20 heavy (non-hydrogen) atoms. The number of carbonyl (C=O) groups is 1. The van der Waals surface area contributed by atoms with Gasteiger partial charge in [-0.15, -0.1) is 0 Å². The fourth-order valence-electron chi connectivity index (χ4n) is 1.86. The molecule has 0 fully saturated rings. The quantitative estimate of drug-likeness (QED) is 0.746. The van der Waals surface area contributed by atoms with Crippen LogP contribution >= 0.6 is 0 Å². The lowest BCUT2D eigenvalue weighted by Gasteiger charge is -2.29. The number of ether oxygens (including phenoxy) is 2. The molecule has 5 heteroatoms. The van der Waals surface area contributed by atoms with Gasteiger partial charge in [0.05, 0.1) is 25.0 Å². The summed E-state index contributed by atoms with van der Waals surface area (Å²) in [5.41, 5.74) is 1.18. The number of nitrogens with zero attached hydrogens (tertiary/aromatic N) is 2. The van der Waals surface area contributed by atoms with Gasteiger partial charge in [-0.1, -0.05) is 0 Å². The van der Waals surface area contributed by atoms with Crippen molar-refractivity contribution >= 4 is 11.7 Å². The van der Waals surface area contributed by atoms with Gasteiger partial charge in [0.15, 0.2) is 0 Å². The zero-order chi connectivity index (χ0) is 15.1. The molecule has 0 heterocycles. The second kappa shape index (κ2) is 7.39. The highest BCUT2D eigenvalue weighted by Crippen LogP contribution is 2.27. The molecule has 0 amide bonds. The van der Waals surface area contributed by atoms with E-state index in [9.17, 15) is 10.1 Å². The molecule has 0 saturated carbocycles. The molecule has 1 rings (SSSR count). The summed E-state index contributed by atoms with van der Waals surface area (Å²) >= 11 is 0. The SMILES string of the molecule is CCOC(=O)CN(c1cc(OC)ccc1C#N)C(C)C. The van der Waals surface area contributed by atoms with E-state index in [2.05, 4.69) is 6.07 Å². The summed E-state index contributed by atoms with van der Waals surface area (Å²) in [7, 11) is 1.57. The van der Waals surface area contributed by atoms with Gasteiger partial charge in [0, 0.05) is 12.1 Å². The summed E-state index contributed by atoms with van der Waals surface area (Å²) in [6, 6.07) is 7.37. The second-order valence-corrected chi connectivity index (χ2v) is 4.52. The number of benzene rings is 1. The summed E-state index contributed by atoms with van der Waals surface area (Å²) in [5.74, 6) is 0.335. The Labute approximate surface area is 119 Å². The van der Waals surface area contributed by atoms with Crippen LogP contribution in [0.5, 0.6) is 5.75 Å². The van der Waals surface area contributed by atoms with Gasteiger partial charge in [0.25, 0.3) is 0 Å². The summed E-state index contributed by atoms with van der Waals surface area (Å²) < 4.78 is 10.2. The fourth-order valence-corrected chi connectivity index (χ4v) is 1.86. The molecule has 0 bridgehead atoms. The Morgan fingerprint density at radius 3 is 2.65 bits per heavy atom. The predicted octanol–water partition coefficient (Wildman–Crippen LogP) is 2.34. The molecule has 108 valence electrons. The first-order valence-corrected chi connectivity index (χ1v) is 6.53. The highest BCUT2D eigenvalue weighted by molar-refractivity contribution is 5.77. The van der Waals surface area contributed by atoms with Crippen LogP contribution in [0.25, 0.3) is 0 Å². The molecule has 5 nitrogen and oxygen atoms in total. The Hall–Kier alpha value is -2.22. The molecule has 0 spiro atoms. The minimum absolute atomic E-state index is 0.0543. The first-order chi connectivity index (χ1) is 9.53. The van der Waals surface area contributed by atoms with Crippen LogP contribution < -0.4 is 9.64 Å². The zero-order valence-electron chi connectivity index (χ0n) is 12.3. The van der Waals surface area contributed by atoms with Crippen LogP contribution in [-0.4, -0.2) is 32.3 Å². The van der Waals surface area contributed by atoms with Crippen molar-refractivity contribution < 1.29 is 14.3 Å². The molecule has 0 atom stereocenters. The van der Waals surface area contributed by atoms with Gasteiger partial charge < -0.3 is 14.4 Å². The number of anilines is 1. The van der Waals surface area contributed by atoms with Gasteiger partial charge in [-0.05, 0) is 32.9 Å². The van der Waals surface area contributed by atoms with E-state index in [1.165, 1.54) is 0 Å². The topological polar surface area (TPSA) is 62.6 Å². The Bertz CT molecular complexity index is 506. The number of hydrogen-bond donors (Lipinski definition) is 0. The smallest absolute Gasteiger partial charge is 0.325 e. The molecule has 0 N–H and O–H groups in total. The molecule has 0 radical (unpaired) electrons. The van der Waals surface area contributed by atoms with Crippen LogP contribution in [0.4, 0.5) is 5.69 Å². The third kappa shape index (κ3) is 3.89. The van der Waals surface area contributed by atoms with Crippen LogP contribution in [0.3, 0.4) is 0 Å². The number of carbonyl (C=O) groups excluding carboxylic acids is 1. The Morgan fingerprint density at radius 2 is 2.15 bits per heavy atom. The molecule has 0 aromatic heterocycles. The van der Waals surface area contributed by atoms with E-state index in [4.69, 9.17) is 9.47 Å². The third-order valence-electron chi connectivity index (χ3n) is 2.86. The summed E-state index contributed by atoms with van der Waals surface area (Å²) in [6.07, 6.45) is 0. The van der Waals surface area contributed by atoms with Crippen molar-refractivity contribution in [1.82, 2.24) is 0 Å². The van der Waals surface area contributed by atoms with Crippen molar-refractivity contribution in [2.24, 2.45) is 0 Å². The highest BCUT2D eigenvalue weighted by Gasteiger charge is 2.19. The standard InChI is InChI=1S/C15H20N2O3/c1-5-20-15(18)10-17(11(2)3)14-8-13(19-4)7-6-12(14)9-16/h6-8,11H,5,10H2,1-4H3. The summed E-state index contributed by atoms with van der Waals surface area (Å²) in [4.78, 5) is 13.5. The average molecular weight is 276 g/mol. The zero-order valence-corrected chi connectivity index (χ0v) is 12.3. The third-order valence-corrected chi connectivity index (χ3v) is 2.86. The van der Waals surface area contributed by atoms with E-state index in [0.29, 0.717) is 23.6 Å². The number of methoxy groups -OCH3 is 1. The van der Waals surface area contributed by atoms with Crippen LogP contribution in [0.15, 0.2) is 18.2 Å². The van der Waals surface area contributed by atoms with Crippen molar-refractivity contribution in [1.29, 1.82) is 5.26 Å². The molecule has 1 aromatic carbocycles. The van der Waals surface area contributed by atoms with Gasteiger partial charge in [-0.2, -0.15) is 5.26 Å².